The minimum absolute atomic E-state index is 0.0351. The van der Waals surface area contributed by atoms with Gasteiger partial charge in [0.25, 0.3) is 0 Å². The van der Waals surface area contributed by atoms with E-state index in [-0.39, 0.29) is 23.8 Å². The molecule has 2 aliphatic rings. The first-order valence-electron chi connectivity index (χ1n) is 16.2. The summed E-state index contributed by atoms with van der Waals surface area (Å²) in [5.74, 6) is 1.23. The minimum Gasteiger partial charge on any atom is -0.508 e. The van der Waals surface area contributed by atoms with Gasteiger partial charge in [-0.3, -0.25) is 19.4 Å². The van der Waals surface area contributed by atoms with Crippen LogP contribution in [-0.4, -0.2) is 66.2 Å². The first-order valence-corrected chi connectivity index (χ1v) is 16.2. The summed E-state index contributed by atoms with van der Waals surface area (Å²) in [6.45, 7) is 10.7. The second kappa shape index (κ2) is 18.2. The predicted molar refractivity (Wildman–Crippen MR) is 175 cm³/mol. The summed E-state index contributed by atoms with van der Waals surface area (Å²) in [6.07, 6.45) is 3.52. The molecule has 8 nitrogen and oxygen atoms in total. The molecular weight excluding hydrogens is 568 g/mol. The van der Waals surface area contributed by atoms with Crippen molar-refractivity contribution >= 4 is 11.9 Å². The number of carbonyl (C=O) groups excluding carboxylic acids is 2. The van der Waals surface area contributed by atoms with Crippen molar-refractivity contribution in [3.8, 4) is 11.5 Å². The summed E-state index contributed by atoms with van der Waals surface area (Å²) >= 11 is 0. The fourth-order valence-corrected chi connectivity index (χ4v) is 5.72. The highest BCUT2D eigenvalue weighted by Gasteiger charge is 2.26. The van der Waals surface area contributed by atoms with E-state index >= 15 is 0 Å². The van der Waals surface area contributed by atoms with Gasteiger partial charge in [0.05, 0.1) is 25.0 Å². The molecule has 0 radical (unpaired) electrons. The van der Waals surface area contributed by atoms with Gasteiger partial charge in [-0.2, -0.15) is 0 Å². The van der Waals surface area contributed by atoms with Crippen LogP contribution in [0.15, 0.2) is 78.9 Å². The Balaban J connectivity index is 0.000000215. The van der Waals surface area contributed by atoms with E-state index in [9.17, 15) is 14.7 Å². The third-order valence-electron chi connectivity index (χ3n) is 8.34. The van der Waals surface area contributed by atoms with Crippen LogP contribution in [0.2, 0.25) is 0 Å². The Morgan fingerprint density at radius 3 is 1.53 bits per heavy atom. The lowest BCUT2D eigenvalue weighted by Crippen LogP contribution is -2.36. The van der Waals surface area contributed by atoms with Gasteiger partial charge in [-0.15, -0.1) is 0 Å². The molecule has 2 heterocycles. The van der Waals surface area contributed by atoms with E-state index in [1.165, 1.54) is 16.7 Å². The van der Waals surface area contributed by atoms with Gasteiger partial charge in [-0.25, -0.2) is 0 Å². The maximum atomic E-state index is 11.8. The number of rotatable bonds is 11. The second-order valence-corrected chi connectivity index (χ2v) is 11.7. The quantitative estimate of drug-likeness (QED) is 0.255. The van der Waals surface area contributed by atoms with Gasteiger partial charge in [0.2, 0.25) is 0 Å². The SMILES string of the molecule is CCOC(=O)C1CCN(Cc2ccc(O)cc2)CC1.CCOC(=O)C1CCN(Cc2ccc(OCc3ccccc3)cc2)CC1. The average Bonchev–Trinajstić information content (AvgIpc) is 3.07. The maximum absolute atomic E-state index is 11.8. The van der Waals surface area contributed by atoms with Crippen LogP contribution in [0.25, 0.3) is 0 Å². The van der Waals surface area contributed by atoms with E-state index in [2.05, 4.69) is 34.1 Å². The fourth-order valence-electron chi connectivity index (χ4n) is 5.72. The number of carbonyl (C=O) groups is 2. The first kappa shape index (κ1) is 34.0. The molecule has 0 saturated carbocycles. The van der Waals surface area contributed by atoms with E-state index < -0.39 is 0 Å². The highest BCUT2D eigenvalue weighted by Crippen LogP contribution is 2.23. The lowest BCUT2D eigenvalue weighted by molar-refractivity contribution is -0.150. The molecule has 242 valence electrons. The molecule has 8 heteroatoms. The molecule has 0 spiro atoms. The molecular formula is C37H48N2O6. The number of nitrogens with zero attached hydrogens (tertiary/aromatic N) is 2. The summed E-state index contributed by atoms with van der Waals surface area (Å²) < 4.78 is 16.0. The number of phenolic OH excluding ortho intramolecular Hbond substituents is 1. The minimum atomic E-state index is -0.0493. The topological polar surface area (TPSA) is 88.5 Å². The monoisotopic (exact) mass is 616 g/mol. The molecule has 0 aromatic heterocycles. The van der Waals surface area contributed by atoms with E-state index in [0.717, 1.165) is 70.7 Å². The van der Waals surface area contributed by atoms with Crippen LogP contribution in [0.1, 0.15) is 56.2 Å². The van der Waals surface area contributed by atoms with Gasteiger partial charge in [0, 0.05) is 13.1 Å². The summed E-state index contributed by atoms with van der Waals surface area (Å²) in [6, 6.07) is 25.8. The van der Waals surface area contributed by atoms with E-state index in [1.807, 2.05) is 56.3 Å². The van der Waals surface area contributed by atoms with Crippen LogP contribution in [0.5, 0.6) is 11.5 Å². The fraction of sp³-hybridized carbons (Fsp3) is 0.459. The van der Waals surface area contributed by atoms with Crippen LogP contribution in [0, 0.1) is 11.8 Å². The maximum Gasteiger partial charge on any atom is 0.309 e. The summed E-state index contributed by atoms with van der Waals surface area (Å²) in [5.41, 5.74) is 3.63. The number of hydrogen-bond donors (Lipinski definition) is 1. The zero-order chi connectivity index (χ0) is 31.9. The molecule has 0 unspecified atom stereocenters. The lowest BCUT2D eigenvalue weighted by atomic mass is 9.96. The number of likely N-dealkylation sites (tertiary alicyclic amines) is 2. The smallest absolute Gasteiger partial charge is 0.309 e. The second-order valence-electron chi connectivity index (χ2n) is 11.7. The van der Waals surface area contributed by atoms with Crippen LogP contribution < -0.4 is 4.74 Å². The van der Waals surface area contributed by atoms with Gasteiger partial charge in [0.1, 0.15) is 18.1 Å². The zero-order valence-electron chi connectivity index (χ0n) is 26.7. The van der Waals surface area contributed by atoms with Gasteiger partial charge in [-0.05, 0) is 107 Å². The number of hydrogen-bond acceptors (Lipinski definition) is 8. The Kier molecular flexibility index (Phi) is 13.7. The molecule has 0 bridgehead atoms. The summed E-state index contributed by atoms with van der Waals surface area (Å²) in [5, 5.41) is 9.24. The van der Waals surface area contributed by atoms with E-state index in [1.54, 1.807) is 12.1 Å². The Bertz CT molecular complexity index is 1280. The van der Waals surface area contributed by atoms with Crippen LogP contribution in [0.3, 0.4) is 0 Å². The number of benzene rings is 3. The van der Waals surface area contributed by atoms with Crippen molar-refractivity contribution in [2.24, 2.45) is 11.8 Å². The number of phenols is 1. The van der Waals surface area contributed by atoms with Crippen LogP contribution >= 0.6 is 0 Å². The number of ether oxygens (including phenoxy) is 3. The van der Waals surface area contributed by atoms with Crippen molar-refractivity contribution in [1.29, 1.82) is 0 Å². The van der Waals surface area contributed by atoms with E-state index in [4.69, 9.17) is 14.2 Å². The zero-order valence-corrected chi connectivity index (χ0v) is 26.7. The summed E-state index contributed by atoms with van der Waals surface area (Å²) in [4.78, 5) is 28.2. The standard InChI is InChI=1S/C22H27NO3.C15H21NO3/c1-2-25-22(24)20-12-14-23(15-13-20)16-18-8-10-21(11-9-18)26-17-19-6-4-3-5-7-19;1-2-19-15(18)13-7-9-16(10-8-13)11-12-3-5-14(17)6-4-12/h3-11,20H,2,12-17H2,1H3;3-6,13,17H,2,7-11H2,1H3. The molecule has 1 N–H and O–H groups in total. The van der Waals surface area contributed by atoms with Crippen molar-refractivity contribution in [3.63, 3.8) is 0 Å². The van der Waals surface area contributed by atoms with Crippen molar-refractivity contribution in [2.45, 2.75) is 59.2 Å². The number of piperidine rings is 2. The van der Waals surface area contributed by atoms with Gasteiger partial charge in [-0.1, -0.05) is 54.6 Å². The number of esters is 2. The molecule has 3 aromatic rings. The molecule has 3 aromatic carbocycles. The highest BCUT2D eigenvalue weighted by molar-refractivity contribution is 5.72. The van der Waals surface area contributed by atoms with Gasteiger partial charge in [0.15, 0.2) is 0 Å². The Morgan fingerprint density at radius 2 is 1.09 bits per heavy atom. The van der Waals surface area contributed by atoms with Crippen molar-refractivity contribution < 1.29 is 28.9 Å². The largest absolute Gasteiger partial charge is 0.508 e. The molecule has 2 aliphatic heterocycles. The summed E-state index contributed by atoms with van der Waals surface area (Å²) in [7, 11) is 0. The molecule has 0 atom stereocenters. The highest BCUT2D eigenvalue weighted by atomic mass is 16.5. The molecule has 45 heavy (non-hydrogen) atoms. The molecule has 5 rings (SSSR count). The molecule has 0 amide bonds. The van der Waals surface area contributed by atoms with Crippen molar-refractivity contribution in [3.05, 3.63) is 95.6 Å². The van der Waals surface area contributed by atoms with Crippen molar-refractivity contribution in [1.82, 2.24) is 9.80 Å². The van der Waals surface area contributed by atoms with E-state index in [0.29, 0.717) is 25.6 Å². The third-order valence-corrected chi connectivity index (χ3v) is 8.34. The molecule has 2 fully saturated rings. The number of aromatic hydroxyl groups is 1. The van der Waals surface area contributed by atoms with Crippen LogP contribution in [-0.2, 0) is 38.8 Å². The van der Waals surface area contributed by atoms with Gasteiger partial charge >= 0.3 is 11.9 Å². The third kappa shape index (κ3) is 11.5. The first-order chi connectivity index (χ1) is 21.9. The Morgan fingerprint density at radius 1 is 0.644 bits per heavy atom. The Labute approximate surface area is 267 Å². The molecule has 0 aliphatic carbocycles. The lowest BCUT2D eigenvalue weighted by Gasteiger charge is -2.30. The Hall–Kier alpha value is -3.88. The average molecular weight is 617 g/mol. The van der Waals surface area contributed by atoms with Gasteiger partial charge < -0.3 is 19.3 Å². The normalized spacial score (nSPS) is 16.3. The van der Waals surface area contributed by atoms with Crippen molar-refractivity contribution in [2.75, 3.05) is 39.4 Å². The molecule has 2 saturated heterocycles. The predicted octanol–water partition coefficient (Wildman–Crippen LogP) is 6.21. The van der Waals surface area contributed by atoms with Crippen LogP contribution in [0.4, 0.5) is 0 Å².